The summed E-state index contributed by atoms with van der Waals surface area (Å²) in [5.74, 6) is 1.47. The first-order valence-corrected chi connectivity index (χ1v) is 9.19. The summed E-state index contributed by atoms with van der Waals surface area (Å²) < 4.78 is 8.54. The van der Waals surface area contributed by atoms with Crippen LogP contribution in [0.1, 0.15) is 55.5 Å². The standard InChI is InChI=1S/C22H28N2O/c1-6-13-24-17(5)16(4)21-22(24)20(11-12-23-21)25-14-18-7-9-19(10-8-18)15(2)3/h7-12,15H,6,13-14H2,1-5H3. The van der Waals surface area contributed by atoms with Gasteiger partial charge in [-0.1, -0.05) is 45.0 Å². The SMILES string of the molecule is CCCn1c(C)c(C)c2nccc(OCc3ccc(C(C)C)cc3)c21. The van der Waals surface area contributed by atoms with Crippen LogP contribution in [0.25, 0.3) is 11.0 Å². The van der Waals surface area contributed by atoms with Gasteiger partial charge in [0.2, 0.25) is 0 Å². The minimum absolute atomic E-state index is 0.554. The first kappa shape index (κ1) is 17.5. The fourth-order valence-electron chi connectivity index (χ4n) is 3.29. The Hall–Kier alpha value is -2.29. The molecule has 0 N–H and O–H groups in total. The van der Waals surface area contributed by atoms with E-state index >= 15 is 0 Å². The minimum atomic E-state index is 0.554. The molecule has 0 unspecified atom stereocenters. The molecule has 2 aromatic heterocycles. The molecule has 3 heteroatoms. The molecule has 0 aliphatic rings. The number of ether oxygens (including phenoxy) is 1. The van der Waals surface area contributed by atoms with Crippen molar-refractivity contribution in [2.45, 2.75) is 60.1 Å². The molecule has 2 heterocycles. The van der Waals surface area contributed by atoms with Crippen molar-refractivity contribution in [1.82, 2.24) is 9.55 Å². The number of rotatable bonds is 6. The molecule has 0 fully saturated rings. The zero-order chi connectivity index (χ0) is 18.0. The quantitative estimate of drug-likeness (QED) is 0.572. The first-order chi connectivity index (χ1) is 12.0. The summed E-state index contributed by atoms with van der Waals surface area (Å²) in [6.07, 6.45) is 2.94. The zero-order valence-corrected chi connectivity index (χ0v) is 16.0. The van der Waals surface area contributed by atoms with Crippen molar-refractivity contribution in [1.29, 1.82) is 0 Å². The minimum Gasteiger partial charge on any atom is -0.487 e. The van der Waals surface area contributed by atoms with Crippen molar-refractivity contribution in [2.75, 3.05) is 0 Å². The molecular formula is C22H28N2O. The molecule has 0 saturated carbocycles. The van der Waals surface area contributed by atoms with Crippen molar-refractivity contribution in [3.05, 3.63) is 58.9 Å². The van der Waals surface area contributed by atoms with Gasteiger partial charge in [0, 0.05) is 24.5 Å². The van der Waals surface area contributed by atoms with Crippen molar-refractivity contribution >= 4 is 11.0 Å². The summed E-state index contributed by atoms with van der Waals surface area (Å²) in [6.45, 7) is 12.5. The monoisotopic (exact) mass is 336 g/mol. The molecule has 0 amide bonds. The molecule has 0 bridgehead atoms. The van der Waals surface area contributed by atoms with Crippen LogP contribution in [0.3, 0.4) is 0 Å². The Bertz CT molecular complexity index is 860. The third kappa shape index (κ3) is 3.41. The van der Waals surface area contributed by atoms with Gasteiger partial charge in [0.15, 0.2) is 0 Å². The number of pyridine rings is 1. The van der Waals surface area contributed by atoms with Crippen molar-refractivity contribution < 1.29 is 4.74 Å². The van der Waals surface area contributed by atoms with E-state index in [1.54, 1.807) is 0 Å². The largest absolute Gasteiger partial charge is 0.487 e. The summed E-state index contributed by atoms with van der Waals surface area (Å²) >= 11 is 0. The van der Waals surface area contributed by atoms with Crippen LogP contribution in [0.15, 0.2) is 36.5 Å². The number of benzene rings is 1. The Morgan fingerprint density at radius 3 is 2.44 bits per heavy atom. The Kier molecular flexibility index (Phi) is 5.12. The maximum atomic E-state index is 6.20. The smallest absolute Gasteiger partial charge is 0.147 e. The van der Waals surface area contributed by atoms with Crippen LogP contribution in [0, 0.1) is 13.8 Å². The van der Waals surface area contributed by atoms with Gasteiger partial charge in [0.05, 0.1) is 5.52 Å². The van der Waals surface area contributed by atoms with Crippen LogP contribution in [0.2, 0.25) is 0 Å². The molecule has 0 aliphatic heterocycles. The van der Waals surface area contributed by atoms with Gasteiger partial charge in [-0.3, -0.25) is 4.98 Å². The topological polar surface area (TPSA) is 27.1 Å². The lowest BCUT2D eigenvalue weighted by molar-refractivity contribution is 0.308. The maximum Gasteiger partial charge on any atom is 0.147 e. The molecule has 25 heavy (non-hydrogen) atoms. The Labute approximate surface area is 150 Å². The molecule has 0 spiro atoms. The molecule has 3 rings (SSSR count). The van der Waals surface area contributed by atoms with Crippen LogP contribution in [0.4, 0.5) is 0 Å². The normalized spacial score (nSPS) is 11.4. The molecule has 3 aromatic rings. The lowest BCUT2D eigenvalue weighted by Gasteiger charge is -2.12. The van der Waals surface area contributed by atoms with E-state index in [0.29, 0.717) is 12.5 Å². The molecular weight excluding hydrogens is 308 g/mol. The van der Waals surface area contributed by atoms with Gasteiger partial charge in [-0.2, -0.15) is 0 Å². The fraction of sp³-hybridized carbons (Fsp3) is 0.409. The van der Waals surface area contributed by atoms with E-state index < -0.39 is 0 Å². The predicted octanol–water partition coefficient (Wildman–Crippen LogP) is 5.77. The molecule has 0 saturated heterocycles. The summed E-state index contributed by atoms with van der Waals surface area (Å²) in [6, 6.07) is 10.7. The van der Waals surface area contributed by atoms with Crippen molar-refractivity contribution in [3.63, 3.8) is 0 Å². The number of hydrogen-bond donors (Lipinski definition) is 0. The third-order valence-corrected chi connectivity index (χ3v) is 4.95. The average Bonchev–Trinajstić information content (AvgIpc) is 2.86. The molecule has 1 aromatic carbocycles. The number of nitrogens with zero attached hydrogens (tertiary/aromatic N) is 2. The molecule has 3 nitrogen and oxygen atoms in total. The van der Waals surface area contributed by atoms with Gasteiger partial charge in [0.1, 0.15) is 17.9 Å². The predicted molar refractivity (Wildman–Crippen MR) is 104 cm³/mol. The summed E-state index contributed by atoms with van der Waals surface area (Å²) in [5.41, 5.74) is 7.25. The second kappa shape index (κ2) is 7.30. The summed E-state index contributed by atoms with van der Waals surface area (Å²) in [5, 5.41) is 0. The van der Waals surface area contributed by atoms with Gasteiger partial charge in [-0.15, -0.1) is 0 Å². The lowest BCUT2D eigenvalue weighted by Crippen LogP contribution is -2.02. The zero-order valence-electron chi connectivity index (χ0n) is 16.0. The van der Waals surface area contributed by atoms with Crippen LogP contribution < -0.4 is 4.74 Å². The Balaban J connectivity index is 1.89. The van der Waals surface area contributed by atoms with Gasteiger partial charge < -0.3 is 9.30 Å². The summed E-state index contributed by atoms with van der Waals surface area (Å²) in [7, 11) is 0. The number of hydrogen-bond acceptors (Lipinski definition) is 2. The maximum absolute atomic E-state index is 6.20. The fourth-order valence-corrected chi connectivity index (χ4v) is 3.29. The molecule has 0 atom stereocenters. The highest BCUT2D eigenvalue weighted by Gasteiger charge is 2.16. The number of aromatic nitrogens is 2. The number of fused-ring (bicyclic) bond motifs is 1. The highest BCUT2D eigenvalue weighted by Crippen LogP contribution is 2.31. The van der Waals surface area contributed by atoms with E-state index in [2.05, 4.69) is 68.4 Å². The highest BCUT2D eigenvalue weighted by atomic mass is 16.5. The molecule has 0 radical (unpaired) electrons. The van der Waals surface area contributed by atoms with E-state index in [4.69, 9.17) is 4.74 Å². The molecule has 132 valence electrons. The van der Waals surface area contributed by atoms with Gasteiger partial charge in [0.25, 0.3) is 0 Å². The van der Waals surface area contributed by atoms with E-state index in [0.717, 1.165) is 29.7 Å². The number of aryl methyl sites for hydroxylation is 2. The Morgan fingerprint density at radius 1 is 1.08 bits per heavy atom. The van der Waals surface area contributed by atoms with Crippen molar-refractivity contribution in [2.24, 2.45) is 0 Å². The Morgan fingerprint density at radius 2 is 1.80 bits per heavy atom. The van der Waals surface area contributed by atoms with E-state index in [9.17, 15) is 0 Å². The van der Waals surface area contributed by atoms with Gasteiger partial charge in [-0.05, 0) is 42.9 Å². The molecule has 0 aliphatic carbocycles. The second-order valence-corrected chi connectivity index (χ2v) is 7.05. The third-order valence-electron chi connectivity index (χ3n) is 4.95. The lowest BCUT2D eigenvalue weighted by atomic mass is 10.0. The van der Waals surface area contributed by atoms with Gasteiger partial charge >= 0.3 is 0 Å². The average molecular weight is 336 g/mol. The van der Waals surface area contributed by atoms with Gasteiger partial charge in [-0.25, -0.2) is 0 Å². The van der Waals surface area contributed by atoms with Crippen LogP contribution in [-0.4, -0.2) is 9.55 Å². The van der Waals surface area contributed by atoms with Crippen LogP contribution in [-0.2, 0) is 13.2 Å². The van der Waals surface area contributed by atoms with Crippen LogP contribution >= 0.6 is 0 Å². The second-order valence-electron chi connectivity index (χ2n) is 7.05. The van der Waals surface area contributed by atoms with Crippen LogP contribution in [0.5, 0.6) is 5.75 Å². The van der Waals surface area contributed by atoms with E-state index in [-0.39, 0.29) is 0 Å². The van der Waals surface area contributed by atoms with E-state index in [1.807, 2.05) is 12.3 Å². The highest BCUT2D eigenvalue weighted by molar-refractivity contribution is 5.86. The summed E-state index contributed by atoms with van der Waals surface area (Å²) in [4.78, 5) is 4.59. The van der Waals surface area contributed by atoms with E-state index in [1.165, 1.54) is 22.4 Å². The first-order valence-electron chi connectivity index (χ1n) is 9.19. The van der Waals surface area contributed by atoms with Crippen molar-refractivity contribution in [3.8, 4) is 5.75 Å².